The summed E-state index contributed by atoms with van der Waals surface area (Å²) in [6, 6.07) is 41.3. The molecule has 0 spiro atoms. The standard InChI is InChI=1S/C53H51Cl2N7O3/c1-61-28-6-9-39-32-43(17-22-50(39)61)59-52(64)40-14-13-37-15-20-45-47(46(37)33-40)34-41(53(65)60-42-16-21-48-38(31-42)8-5-27-56-48)35-49(45)57-25-2-3-26-58-51(63)10-4-7-36-11-18-44(19-12-36)62(29-23-54)30-24-55/h5-6,8-9,11-22,27-28,31-35H,2-4,7,10,23-26,29-30H2,1H3,(H3-,57,58,59,60,63,64,65)/p+1. The molecule has 0 fully saturated rings. The molecule has 0 saturated carbocycles. The Kier molecular flexibility index (Phi) is 14.7. The van der Waals surface area contributed by atoms with E-state index in [2.05, 4.69) is 61.5 Å². The smallest absolute Gasteiger partial charge is 0.255 e. The fraction of sp³-hybridized carbons (Fsp3) is 0.226. The number of rotatable bonds is 19. The van der Waals surface area contributed by atoms with E-state index in [0.717, 1.165) is 93.5 Å². The predicted molar refractivity (Wildman–Crippen MR) is 268 cm³/mol. The van der Waals surface area contributed by atoms with E-state index in [-0.39, 0.29) is 17.7 Å². The van der Waals surface area contributed by atoms with Crippen molar-refractivity contribution in [3.05, 3.63) is 156 Å². The van der Waals surface area contributed by atoms with Crippen molar-refractivity contribution in [1.82, 2.24) is 10.3 Å². The van der Waals surface area contributed by atoms with Crippen molar-refractivity contribution in [2.45, 2.75) is 32.1 Å². The molecule has 8 rings (SSSR count). The van der Waals surface area contributed by atoms with Gasteiger partial charge in [0.05, 0.1) is 5.52 Å². The van der Waals surface area contributed by atoms with Crippen molar-refractivity contribution in [2.24, 2.45) is 7.05 Å². The number of carbonyl (C=O) groups is 3. The lowest BCUT2D eigenvalue weighted by Crippen LogP contribution is -2.27. The highest BCUT2D eigenvalue weighted by atomic mass is 35.5. The number of fused-ring (bicyclic) bond motifs is 5. The van der Waals surface area contributed by atoms with E-state index < -0.39 is 0 Å². The summed E-state index contributed by atoms with van der Waals surface area (Å²) in [5.74, 6) is 0.636. The zero-order valence-electron chi connectivity index (χ0n) is 36.4. The van der Waals surface area contributed by atoms with E-state index in [9.17, 15) is 14.4 Å². The Balaban J connectivity index is 0.938. The molecule has 2 aromatic heterocycles. The number of aromatic nitrogens is 2. The van der Waals surface area contributed by atoms with E-state index in [1.165, 1.54) is 5.56 Å². The van der Waals surface area contributed by atoms with Crippen LogP contribution in [0.15, 0.2) is 140 Å². The van der Waals surface area contributed by atoms with Crippen LogP contribution in [-0.2, 0) is 18.3 Å². The second kappa shape index (κ2) is 21.3. The number of nitrogens with zero attached hydrogens (tertiary/aromatic N) is 3. The molecule has 0 atom stereocenters. The highest BCUT2D eigenvalue weighted by Gasteiger charge is 2.16. The SMILES string of the molecule is C[n+]1cccc2cc(NC(=O)c3ccc4ccc5c(NCCCCNC(=O)CCCc6ccc(N(CCCl)CCCl)cc6)cc(C(=O)Nc6ccc7ncccc7c6)cc5c4c3)ccc21. The van der Waals surface area contributed by atoms with Gasteiger partial charge in [0.2, 0.25) is 11.4 Å². The van der Waals surface area contributed by atoms with Gasteiger partial charge in [0.1, 0.15) is 7.05 Å². The number of hydrogen-bond donors (Lipinski definition) is 4. The molecule has 0 saturated heterocycles. The Morgan fingerprint density at radius 1 is 0.646 bits per heavy atom. The van der Waals surface area contributed by atoms with E-state index >= 15 is 0 Å². The van der Waals surface area contributed by atoms with Gasteiger partial charge in [0.15, 0.2) is 6.20 Å². The lowest BCUT2D eigenvalue weighted by Gasteiger charge is -2.23. The third kappa shape index (κ3) is 11.1. The number of pyridine rings is 2. The molecular weight excluding hydrogens is 854 g/mol. The first-order valence-electron chi connectivity index (χ1n) is 22.1. The molecule has 0 aliphatic carbocycles. The topological polar surface area (TPSA) is 119 Å². The van der Waals surface area contributed by atoms with Crippen LogP contribution < -0.4 is 30.7 Å². The maximum atomic E-state index is 14.0. The quantitative estimate of drug-likeness (QED) is 0.0278. The summed E-state index contributed by atoms with van der Waals surface area (Å²) in [5.41, 5.74) is 7.33. The summed E-state index contributed by atoms with van der Waals surface area (Å²) in [6.07, 6.45) is 7.36. The maximum Gasteiger partial charge on any atom is 0.255 e. The summed E-state index contributed by atoms with van der Waals surface area (Å²) in [6.45, 7) is 2.69. The average Bonchev–Trinajstić information content (AvgIpc) is 3.32. The van der Waals surface area contributed by atoms with Crippen molar-refractivity contribution < 1.29 is 19.0 Å². The molecule has 0 bridgehead atoms. The highest BCUT2D eigenvalue weighted by molar-refractivity contribution is 6.19. The second-order valence-electron chi connectivity index (χ2n) is 16.2. The highest BCUT2D eigenvalue weighted by Crippen LogP contribution is 2.34. The van der Waals surface area contributed by atoms with E-state index in [0.29, 0.717) is 53.8 Å². The maximum absolute atomic E-state index is 14.0. The molecule has 65 heavy (non-hydrogen) atoms. The molecule has 12 heteroatoms. The van der Waals surface area contributed by atoms with E-state index in [1.54, 1.807) is 6.20 Å². The normalized spacial score (nSPS) is 11.2. The molecule has 0 aliphatic rings. The van der Waals surface area contributed by atoms with E-state index in [1.807, 2.05) is 115 Å². The van der Waals surface area contributed by atoms with Crippen molar-refractivity contribution >= 4 is 107 Å². The molecule has 2 heterocycles. The number of anilines is 4. The van der Waals surface area contributed by atoms with Crippen molar-refractivity contribution in [3.8, 4) is 0 Å². The fourth-order valence-corrected chi connectivity index (χ4v) is 8.68. The first-order chi connectivity index (χ1) is 31.8. The van der Waals surface area contributed by atoms with Crippen LogP contribution >= 0.6 is 23.2 Å². The van der Waals surface area contributed by atoms with Crippen LogP contribution in [0.3, 0.4) is 0 Å². The van der Waals surface area contributed by atoms with Gasteiger partial charge in [0.25, 0.3) is 11.8 Å². The largest absolute Gasteiger partial charge is 0.385 e. The summed E-state index contributed by atoms with van der Waals surface area (Å²) in [7, 11) is 1.99. The number of amides is 3. The van der Waals surface area contributed by atoms with Crippen LogP contribution in [-0.4, -0.2) is 60.6 Å². The third-order valence-electron chi connectivity index (χ3n) is 11.7. The van der Waals surface area contributed by atoms with Crippen LogP contribution in [0.1, 0.15) is 52.0 Å². The average molecular weight is 906 g/mol. The summed E-state index contributed by atoms with van der Waals surface area (Å²) in [5, 5.41) is 18.3. The lowest BCUT2D eigenvalue weighted by atomic mass is 9.96. The Labute approximate surface area is 389 Å². The lowest BCUT2D eigenvalue weighted by molar-refractivity contribution is -0.644. The number of benzene rings is 6. The Morgan fingerprint density at radius 2 is 1.35 bits per heavy atom. The van der Waals surface area contributed by atoms with Crippen molar-refractivity contribution in [1.29, 1.82) is 0 Å². The number of alkyl halides is 2. The zero-order chi connectivity index (χ0) is 45.1. The Hall–Kier alpha value is -6.75. The number of halogens is 2. The number of carbonyl (C=O) groups excluding carboxylic acids is 3. The number of hydrogen-bond acceptors (Lipinski definition) is 6. The Morgan fingerprint density at radius 3 is 2.15 bits per heavy atom. The van der Waals surface area contributed by atoms with Gasteiger partial charge in [-0.05, 0) is 126 Å². The summed E-state index contributed by atoms with van der Waals surface area (Å²) < 4.78 is 2.04. The Bertz CT molecular complexity index is 2990. The molecule has 3 amide bonds. The molecular formula is C53H52Cl2N7O3+. The zero-order valence-corrected chi connectivity index (χ0v) is 37.9. The van der Waals surface area contributed by atoms with Gasteiger partial charge in [-0.3, -0.25) is 19.4 Å². The first-order valence-corrected chi connectivity index (χ1v) is 23.2. The minimum Gasteiger partial charge on any atom is -0.385 e. The van der Waals surface area contributed by atoms with Gasteiger partial charge in [-0.25, -0.2) is 4.57 Å². The van der Waals surface area contributed by atoms with Gasteiger partial charge < -0.3 is 26.2 Å². The third-order valence-corrected chi connectivity index (χ3v) is 12.0. The second-order valence-corrected chi connectivity index (χ2v) is 17.0. The predicted octanol–water partition coefficient (Wildman–Crippen LogP) is 10.6. The monoisotopic (exact) mass is 904 g/mol. The minimum atomic E-state index is -0.260. The van der Waals surface area contributed by atoms with E-state index in [4.69, 9.17) is 23.2 Å². The molecule has 330 valence electrons. The number of aryl methyl sites for hydroxylation is 2. The molecule has 0 aliphatic heterocycles. The molecule has 10 nitrogen and oxygen atoms in total. The van der Waals surface area contributed by atoms with Gasteiger partial charge in [-0.1, -0.05) is 36.4 Å². The molecule has 8 aromatic rings. The van der Waals surface area contributed by atoms with Crippen LogP contribution in [0.5, 0.6) is 0 Å². The number of nitrogens with one attached hydrogen (secondary N) is 4. The van der Waals surface area contributed by atoms with Crippen molar-refractivity contribution in [3.63, 3.8) is 0 Å². The van der Waals surface area contributed by atoms with Gasteiger partial charge in [0, 0.05) is 113 Å². The van der Waals surface area contributed by atoms with Crippen LogP contribution in [0.25, 0.3) is 43.4 Å². The molecule has 4 N–H and O–H groups in total. The molecule has 6 aromatic carbocycles. The van der Waals surface area contributed by atoms with Gasteiger partial charge in [-0.2, -0.15) is 0 Å². The minimum absolute atomic E-state index is 0.0451. The van der Waals surface area contributed by atoms with Gasteiger partial charge in [-0.15, -0.1) is 23.2 Å². The van der Waals surface area contributed by atoms with Gasteiger partial charge >= 0.3 is 0 Å². The summed E-state index contributed by atoms with van der Waals surface area (Å²) in [4.78, 5) is 47.1. The fourth-order valence-electron chi connectivity index (χ4n) is 8.27. The number of unbranched alkanes of at least 4 members (excludes halogenated alkanes) is 1. The van der Waals surface area contributed by atoms with Crippen LogP contribution in [0.2, 0.25) is 0 Å². The van der Waals surface area contributed by atoms with Crippen LogP contribution in [0, 0.1) is 0 Å². The van der Waals surface area contributed by atoms with Crippen LogP contribution in [0.4, 0.5) is 22.7 Å². The summed E-state index contributed by atoms with van der Waals surface area (Å²) >= 11 is 11.9. The van der Waals surface area contributed by atoms with Crippen molar-refractivity contribution in [2.75, 3.05) is 58.8 Å². The first kappa shape index (κ1) is 44.8. The molecule has 0 unspecified atom stereocenters. The molecule has 0 radical (unpaired) electrons.